The number of carbonyl (C=O) groups is 1. The van der Waals surface area contributed by atoms with Crippen molar-refractivity contribution in [3.63, 3.8) is 0 Å². The highest BCUT2D eigenvalue weighted by Gasteiger charge is 2.52. The Morgan fingerprint density at radius 3 is 2.69 bits per heavy atom. The molecule has 0 saturated carbocycles. The minimum Gasteiger partial charge on any atom is -0.493 e. The molecule has 3 atom stereocenters. The van der Waals surface area contributed by atoms with Gasteiger partial charge >= 0.3 is 6.09 Å². The summed E-state index contributed by atoms with van der Waals surface area (Å²) >= 11 is 0. The first-order valence-electron chi connectivity index (χ1n) is 11.9. The van der Waals surface area contributed by atoms with Gasteiger partial charge in [-0.3, -0.25) is 0 Å². The maximum Gasteiger partial charge on any atom is 0.410 e. The van der Waals surface area contributed by atoms with Crippen LogP contribution in [0, 0.1) is 0 Å². The molecule has 1 aromatic rings. The van der Waals surface area contributed by atoms with Gasteiger partial charge in [0.05, 0.1) is 31.8 Å². The number of benzene rings is 1. The van der Waals surface area contributed by atoms with Gasteiger partial charge in [-0.1, -0.05) is 18.2 Å². The first-order chi connectivity index (χ1) is 16.6. The van der Waals surface area contributed by atoms with Crippen LogP contribution in [-0.4, -0.2) is 81.8 Å². The normalized spacial score (nSPS) is 22.8. The number of methoxy groups -OCH3 is 2. The molecule has 0 spiro atoms. The molecule has 1 aromatic carbocycles. The van der Waals surface area contributed by atoms with Gasteiger partial charge in [0.2, 0.25) is 0 Å². The zero-order valence-corrected chi connectivity index (χ0v) is 21.7. The average molecular weight is 494 g/mol. The van der Waals surface area contributed by atoms with Crippen LogP contribution in [0.4, 0.5) is 4.79 Å². The number of aliphatic hydroxyl groups excluding tert-OH is 1. The van der Waals surface area contributed by atoms with Crippen molar-refractivity contribution in [2.24, 2.45) is 0 Å². The summed E-state index contributed by atoms with van der Waals surface area (Å²) in [6.07, 6.45) is 4.26. The van der Waals surface area contributed by atoms with Crippen LogP contribution in [0.1, 0.15) is 44.7 Å². The van der Waals surface area contributed by atoms with Crippen LogP contribution in [0.2, 0.25) is 0 Å². The Kier molecular flexibility index (Phi) is 9.04. The van der Waals surface area contributed by atoms with Gasteiger partial charge in [0, 0.05) is 39.3 Å². The van der Waals surface area contributed by atoms with Crippen LogP contribution >= 0.6 is 0 Å². The topological polar surface area (TPSA) is 95.9 Å². The van der Waals surface area contributed by atoms with Crippen LogP contribution in [0.3, 0.4) is 0 Å². The summed E-state index contributed by atoms with van der Waals surface area (Å²) in [4.78, 5) is 14.2. The van der Waals surface area contributed by atoms with E-state index in [1.54, 1.807) is 26.2 Å². The van der Waals surface area contributed by atoms with Gasteiger partial charge in [-0.05, 0) is 38.8 Å². The van der Waals surface area contributed by atoms with Crippen molar-refractivity contribution in [3.05, 3.63) is 35.4 Å². The summed E-state index contributed by atoms with van der Waals surface area (Å²) in [6, 6.07) is 3.80. The molecule has 0 saturated heterocycles. The van der Waals surface area contributed by atoms with Crippen molar-refractivity contribution in [3.8, 4) is 11.5 Å². The van der Waals surface area contributed by atoms with E-state index >= 15 is 0 Å². The molecule has 1 amide bonds. The first kappa shape index (κ1) is 27.3. The smallest absolute Gasteiger partial charge is 0.410 e. The quantitative estimate of drug-likeness (QED) is 0.285. The highest BCUT2D eigenvalue weighted by atomic mass is 16.7. The van der Waals surface area contributed by atoms with Crippen LogP contribution in [0.25, 0.3) is 0 Å². The van der Waals surface area contributed by atoms with E-state index < -0.39 is 17.1 Å². The van der Waals surface area contributed by atoms with Crippen LogP contribution < -0.4 is 9.47 Å². The molecule has 3 rings (SSSR count). The molecular weight excluding hydrogens is 454 g/mol. The average Bonchev–Trinajstić information content (AvgIpc) is 3.13. The van der Waals surface area contributed by atoms with Crippen molar-refractivity contribution in [1.82, 2.24) is 4.90 Å². The summed E-state index contributed by atoms with van der Waals surface area (Å²) in [5.74, 6) is 1.26. The molecule has 9 heteroatoms. The number of fused-ring (bicyclic) bond motifs is 3. The third-order valence-electron chi connectivity index (χ3n) is 6.22. The number of ether oxygens (including phenoxy) is 6. The number of amides is 1. The van der Waals surface area contributed by atoms with Crippen LogP contribution in [0.15, 0.2) is 24.3 Å². The van der Waals surface area contributed by atoms with Gasteiger partial charge in [-0.25, -0.2) is 4.79 Å². The Bertz CT molecular complexity index is 896. The van der Waals surface area contributed by atoms with Crippen LogP contribution in [0.5, 0.6) is 11.5 Å². The molecule has 35 heavy (non-hydrogen) atoms. The molecule has 0 fully saturated rings. The SMILES string of the molecule is COCCOCO[C@H]1C=C[C@@]2(CCO)c3c(CN(C)C(=O)OC(C)(C)C)ccc(OC)c3O[C@H]2C1. The molecular formula is C26H39NO8. The second-order valence-electron chi connectivity index (χ2n) is 9.91. The highest BCUT2D eigenvalue weighted by molar-refractivity contribution is 5.68. The Labute approximate surface area is 207 Å². The zero-order valence-electron chi connectivity index (χ0n) is 21.7. The number of hydrogen-bond acceptors (Lipinski definition) is 8. The lowest BCUT2D eigenvalue weighted by atomic mass is 9.68. The molecule has 0 unspecified atom stereocenters. The lowest BCUT2D eigenvalue weighted by Crippen LogP contribution is -2.44. The third-order valence-corrected chi connectivity index (χ3v) is 6.22. The first-order valence-corrected chi connectivity index (χ1v) is 11.9. The predicted octanol–water partition coefficient (Wildman–Crippen LogP) is 3.41. The molecule has 9 nitrogen and oxygen atoms in total. The van der Waals surface area contributed by atoms with Crippen molar-refractivity contribution < 1.29 is 38.3 Å². The molecule has 2 aliphatic rings. The van der Waals surface area contributed by atoms with Crippen molar-refractivity contribution in [1.29, 1.82) is 0 Å². The molecule has 1 aliphatic heterocycles. The van der Waals surface area contributed by atoms with E-state index in [2.05, 4.69) is 6.08 Å². The molecule has 1 heterocycles. The second kappa shape index (κ2) is 11.6. The maximum absolute atomic E-state index is 12.6. The Morgan fingerprint density at radius 2 is 2.03 bits per heavy atom. The van der Waals surface area contributed by atoms with E-state index in [1.807, 2.05) is 39.0 Å². The van der Waals surface area contributed by atoms with E-state index in [0.717, 1.165) is 11.1 Å². The molecule has 1 N–H and O–H groups in total. The fraction of sp³-hybridized carbons (Fsp3) is 0.654. The maximum atomic E-state index is 12.6. The van der Waals surface area contributed by atoms with Gasteiger partial charge in [0.25, 0.3) is 0 Å². The minimum atomic E-state index is -0.589. The fourth-order valence-electron chi connectivity index (χ4n) is 4.62. The largest absolute Gasteiger partial charge is 0.493 e. The molecule has 196 valence electrons. The van der Waals surface area contributed by atoms with E-state index in [4.69, 9.17) is 28.4 Å². The molecule has 0 radical (unpaired) electrons. The van der Waals surface area contributed by atoms with E-state index in [0.29, 0.717) is 44.1 Å². The summed E-state index contributed by atoms with van der Waals surface area (Å²) < 4.78 is 33.9. The van der Waals surface area contributed by atoms with Crippen molar-refractivity contribution >= 4 is 6.09 Å². The Morgan fingerprint density at radius 1 is 1.26 bits per heavy atom. The Hall–Kier alpha value is -2.33. The number of hydrogen-bond donors (Lipinski definition) is 1. The molecule has 0 aromatic heterocycles. The number of rotatable bonds is 11. The van der Waals surface area contributed by atoms with Gasteiger partial charge in [-0.2, -0.15) is 0 Å². The van der Waals surface area contributed by atoms with Gasteiger partial charge in [0.1, 0.15) is 18.5 Å². The summed E-state index contributed by atoms with van der Waals surface area (Å²) in [5, 5.41) is 10.0. The van der Waals surface area contributed by atoms with Gasteiger partial charge in [-0.15, -0.1) is 0 Å². The molecule has 1 aliphatic carbocycles. The molecule has 0 bridgehead atoms. The summed E-state index contributed by atoms with van der Waals surface area (Å²) in [5.41, 5.74) is 0.683. The lowest BCUT2D eigenvalue weighted by molar-refractivity contribution is -0.0959. The number of carbonyl (C=O) groups excluding carboxylic acids is 1. The second-order valence-corrected chi connectivity index (χ2v) is 9.91. The number of nitrogens with zero attached hydrogens (tertiary/aromatic N) is 1. The zero-order chi connectivity index (χ0) is 25.6. The summed E-state index contributed by atoms with van der Waals surface area (Å²) in [7, 11) is 4.93. The minimum absolute atomic E-state index is 0.0200. The van der Waals surface area contributed by atoms with Crippen molar-refractivity contribution in [2.75, 3.05) is 47.9 Å². The monoisotopic (exact) mass is 493 g/mol. The summed E-state index contributed by atoms with van der Waals surface area (Å²) in [6.45, 7) is 6.94. The van der Waals surface area contributed by atoms with Gasteiger partial charge < -0.3 is 38.4 Å². The van der Waals surface area contributed by atoms with E-state index in [9.17, 15) is 9.90 Å². The highest BCUT2D eigenvalue weighted by Crippen LogP contribution is 2.54. The number of aliphatic hydroxyl groups is 1. The van der Waals surface area contributed by atoms with Gasteiger partial charge in [0.15, 0.2) is 11.5 Å². The Balaban J connectivity index is 1.88. The lowest BCUT2D eigenvalue weighted by Gasteiger charge is -2.37. The fourth-order valence-corrected chi connectivity index (χ4v) is 4.62. The van der Waals surface area contributed by atoms with E-state index in [1.165, 1.54) is 0 Å². The standard InChI is InChI=1S/C26H39NO8/c1-25(2,3)35-24(29)27(4)16-18-7-8-20(31-6)23-22(18)26(11-12-28)10-9-19(15-21(26)34-23)33-17-32-14-13-30-5/h7-10,19,21,28H,11-17H2,1-6H3/t19-,21-,26-/m0/s1. The van der Waals surface area contributed by atoms with Crippen LogP contribution in [-0.2, 0) is 30.9 Å². The van der Waals surface area contributed by atoms with E-state index in [-0.39, 0.29) is 25.6 Å². The predicted molar refractivity (Wildman–Crippen MR) is 130 cm³/mol. The van der Waals surface area contributed by atoms with Crippen molar-refractivity contribution in [2.45, 2.75) is 63.4 Å². The third kappa shape index (κ3) is 6.27.